The number of anilines is 1. The van der Waals surface area contributed by atoms with Crippen molar-refractivity contribution in [3.8, 4) is 0 Å². The van der Waals surface area contributed by atoms with E-state index >= 15 is 0 Å². The highest BCUT2D eigenvalue weighted by Crippen LogP contribution is 2.27. The number of carbonyl (C=O) groups is 1. The molecule has 1 saturated carbocycles. The number of hydrogen-bond donors (Lipinski definition) is 1. The summed E-state index contributed by atoms with van der Waals surface area (Å²) in [4.78, 5) is 18.8. The van der Waals surface area contributed by atoms with Crippen molar-refractivity contribution < 1.29 is 4.79 Å². The van der Waals surface area contributed by atoms with Crippen molar-refractivity contribution >= 4 is 23.7 Å². The van der Waals surface area contributed by atoms with Gasteiger partial charge in [-0.1, -0.05) is 31.4 Å². The van der Waals surface area contributed by atoms with E-state index in [0.717, 1.165) is 18.8 Å². The lowest BCUT2D eigenvalue weighted by Gasteiger charge is -2.28. The van der Waals surface area contributed by atoms with E-state index in [1.807, 2.05) is 0 Å². The van der Waals surface area contributed by atoms with E-state index < -0.39 is 0 Å². The molecule has 1 aliphatic carbocycles. The molecule has 0 spiro atoms. The zero-order valence-electron chi connectivity index (χ0n) is 9.82. The van der Waals surface area contributed by atoms with E-state index in [9.17, 15) is 4.79 Å². The molecule has 17 heavy (non-hydrogen) atoms. The van der Waals surface area contributed by atoms with E-state index in [-0.39, 0.29) is 5.15 Å². The van der Waals surface area contributed by atoms with Gasteiger partial charge in [-0.3, -0.25) is 4.79 Å². The SMILES string of the molecule is CC1CCCC(Nc2ncnc(Cl)c2C=O)C1. The maximum Gasteiger partial charge on any atom is 0.156 e. The van der Waals surface area contributed by atoms with Crippen LogP contribution in [0.25, 0.3) is 0 Å². The van der Waals surface area contributed by atoms with E-state index in [1.54, 1.807) is 0 Å². The molecule has 2 unspecified atom stereocenters. The summed E-state index contributed by atoms with van der Waals surface area (Å²) in [7, 11) is 0. The lowest BCUT2D eigenvalue weighted by molar-refractivity contribution is 0.112. The van der Waals surface area contributed by atoms with Crippen LogP contribution < -0.4 is 5.32 Å². The van der Waals surface area contributed by atoms with E-state index in [1.165, 1.54) is 19.2 Å². The molecule has 0 saturated heterocycles. The number of nitrogens with one attached hydrogen (secondary N) is 1. The number of rotatable bonds is 3. The molecular formula is C12H16ClN3O. The third-order valence-electron chi connectivity index (χ3n) is 3.23. The molecular weight excluding hydrogens is 238 g/mol. The number of nitrogens with zero attached hydrogens (tertiary/aromatic N) is 2. The molecule has 0 aliphatic heterocycles. The Morgan fingerprint density at radius 2 is 2.29 bits per heavy atom. The highest BCUT2D eigenvalue weighted by molar-refractivity contribution is 6.32. The molecule has 1 N–H and O–H groups in total. The largest absolute Gasteiger partial charge is 0.367 e. The molecule has 0 radical (unpaired) electrons. The van der Waals surface area contributed by atoms with Crippen molar-refractivity contribution in [2.24, 2.45) is 5.92 Å². The van der Waals surface area contributed by atoms with Crippen LogP contribution in [0.3, 0.4) is 0 Å². The normalized spacial score (nSPS) is 24.4. The minimum absolute atomic E-state index is 0.210. The lowest BCUT2D eigenvalue weighted by atomic mass is 9.87. The predicted octanol–water partition coefficient (Wildman–Crippen LogP) is 2.93. The van der Waals surface area contributed by atoms with Gasteiger partial charge in [-0.15, -0.1) is 0 Å². The lowest BCUT2D eigenvalue weighted by Crippen LogP contribution is -2.27. The van der Waals surface area contributed by atoms with Gasteiger partial charge < -0.3 is 5.32 Å². The Hall–Kier alpha value is -1.16. The maximum atomic E-state index is 10.9. The van der Waals surface area contributed by atoms with Crippen molar-refractivity contribution in [1.82, 2.24) is 9.97 Å². The van der Waals surface area contributed by atoms with Crippen LogP contribution in [-0.4, -0.2) is 22.3 Å². The molecule has 0 bridgehead atoms. The molecule has 1 aromatic rings. The summed E-state index contributed by atoms with van der Waals surface area (Å²) in [5.41, 5.74) is 0.354. The Kier molecular flexibility index (Phi) is 3.94. The van der Waals surface area contributed by atoms with Crippen LogP contribution in [0.2, 0.25) is 5.15 Å². The van der Waals surface area contributed by atoms with Crippen LogP contribution in [0.4, 0.5) is 5.82 Å². The topological polar surface area (TPSA) is 54.9 Å². The van der Waals surface area contributed by atoms with E-state index in [0.29, 0.717) is 23.7 Å². The maximum absolute atomic E-state index is 10.9. The molecule has 0 aromatic carbocycles. The van der Waals surface area contributed by atoms with Crippen LogP contribution in [0.5, 0.6) is 0 Å². The molecule has 2 rings (SSSR count). The average molecular weight is 254 g/mol. The summed E-state index contributed by atoms with van der Waals surface area (Å²) in [5.74, 6) is 1.28. The minimum atomic E-state index is 0.210. The van der Waals surface area contributed by atoms with Crippen molar-refractivity contribution in [3.63, 3.8) is 0 Å². The number of carbonyl (C=O) groups excluding carboxylic acids is 1. The van der Waals surface area contributed by atoms with Gasteiger partial charge in [-0.05, 0) is 18.8 Å². The quantitative estimate of drug-likeness (QED) is 0.665. The number of halogens is 1. The summed E-state index contributed by atoms with van der Waals surface area (Å²) < 4.78 is 0. The second-order valence-electron chi connectivity index (χ2n) is 4.66. The van der Waals surface area contributed by atoms with Crippen molar-refractivity contribution in [3.05, 3.63) is 17.0 Å². The van der Waals surface area contributed by atoms with E-state index in [2.05, 4.69) is 22.2 Å². The van der Waals surface area contributed by atoms with Gasteiger partial charge in [0.15, 0.2) is 6.29 Å². The summed E-state index contributed by atoms with van der Waals surface area (Å²) in [6.07, 6.45) is 6.81. The van der Waals surface area contributed by atoms with Crippen LogP contribution in [0.1, 0.15) is 43.0 Å². The molecule has 1 fully saturated rings. The van der Waals surface area contributed by atoms with E-state index in [4.69, 9.17) is 11.6 Å². The van der Waals surface area contributed by atoms with Crippen LogP contribution >= 0.6 is 11.6 Å². The van der Waals surface area contributed by atoms with Gasteiger partial charge >= 0.3 is 0 Å². The third-order valence-corrected chi connectivity index (χ3v) is 3.53. The van der Waals surface area contributed by atoms with Crippen LogP contribution in [0, 0.1) is 5.92 Å². The third kappa shape index (κ3) is 2.94. The summed E-state index contributed by atoms with van der Waals surface area (Å²) >= 11 is 5.85. The summed E-state index contributed by atoms with van der Waals surface area (Å²) in [6, 6.07) is 0.378. The standard InChI is InChI=1S/C12H16ClN3O/c1-8-3-2-4-9(5-8)16-12-10(6-17)11(13)14-7-15-12/h6-9H,2-5H2,1H3,(H,14,15,16). The van der Waals surface area contributed by atoms with Crippen molar-refractivity contribution in [2.45, 2.75) is 38.6 Å². The van der Waals surface area contributed by atoms with Gasteiger partial charge in [0.05, 0.1) is 5.56 Å². The smallest absolute Gasteiger partial charge is 0.156 e. The molecule has 1 heterocycles. The Morgan fingerprint density at radius 1 is 1.47 bits per heavy atom. The number of hydrogen-bond acceptors (Lipinski definition) is 4. The monoisotopic (exact) mass is 253 g/mol. The molecule has 2 atom stereocenters. The Morgan fingerprint density at radius 3 is 3.00 bits per heavy atom. The van der Waals surface area contributed by atoms with Gasteiger partial charge in [-0.2, -0.15) is 0 Å². The molecule has 1 aliphatic rings. The fourth-order valence-electron chi connectivity index (χ4n) is 2.35. The molecule has 5 heteroatoms. The Bertz CT molecular complexity index is 411. The zero-order valence-corrected chi connectivity index (χ0v) is 10.6. The fourth-order valence-corrected chi connectivity index (χ4v) is 2.53. The molecule has 1 aromatic heterocycles. The first kappa shape index (κ1) is 12.3. The van der Waals surface area contributed by atoms with Crippen LogP contribution in [0.15, 0.2) is 6.33 Å². The highest BCUT2D eigenvalue weighted by atomic mass is 35.5. The van der Waals surface area contributed by atoms with Crippen molar-refractivity contribution in [1.29, 1.82) is 0 Å². The van der Waals surface area contributed by atoms with Gasteiger partial charge in [0, 0.05) is 6.04 Å². The Labute approximate surface area is 106 Å². The number of aldehydes is 1. The first-order chi connectivity index (χ1) is 8.20. The summed E-state index contributed by atoms with van der Waals surface area (Å²) in [6.45, 7) is 2.25. The van der Waals surface area contributed by atoms with Gasteiger partial charge in [0.25, 0.3) is 0 Å². The molecule has 4 nitrogen and oxygen atoms in total. The zero-order chi connectivity index (χ0) is 12.3. The number of aromatic nitrogens is 2. The minimum Gasteiger partial charge on any atom is -0.367 e. The fraction of sp³-hybridized carbons (Fsp3) is 0.583. The Balaban J connectivity index is 2.12. The van der Waals surface area contributed by atoms with Gasteiger partial charge in [0.1, 0.15) is 17.3 Å². The first-order valence-corrected chi connectivity index (χ1v) is 6.30. The second-order valence-corrected chi connectivity index (χ2v) is 5.02. The van der Waals surface area contributed by atoms with Gasteiger partial charge in [-0.25, -0.2) is 9.97 Å². The average Bonchev–Trinajstić information content (AvgIpc) is 2.29. The first-order valence-electron chi connectivity index (χ1n) is 5.93. The van der Waals surface area contributed by atoms with Crippen molar-refractivity contribution in [2.75, 3.05) is 5.32 Å². The molecule has 92 valence electrons. The highest BCUT2D eigenvalue weighted by Gasteiger charge is 2.20. The van der Waals surface area contributed by atoms with Crippen LogP contribution in [-0.2, 0) is 0 Å². The predicted molar refractivity (Wildman–Crippen MR) is 67.5 cm³/mol. The van der Waals surface area contributed by atoms with Gasteiger partial charge in [0.2, 0.25) is 0 Å². The molecule has 0 amide bonds. The second kappa shape index (κ2) is 5.45. The summed E-state index contributed by atoms with van der Waals surface area (Å²) in [5, 5.41) is 3.51.